The van der Waals surface area contributed by atoms with Gasteiger partial charge in [0.2, 0.25) is 5.90 Å². The maximum Gasteiger partial charge on any atom is 0.217 e. The lowest BCUT2D eigenvalue weighted by Crippen LogP contribution is -2.32. The van der Waals surface area contributed by atoms with E-state index in [1.807, 2.05) is 36.4 Å². The van der Waals surface area contributed by atoms with Gasteiger partial charge in [-0.05, 0) is 35.9 Å². The summed E-state index contributed by atoms with van der Waals surface area (Å²) in [6, 6.07) is 19.5. The van der Waals surface area contributed by atoms with Crippen molar-refractivity contribution in [3.05, 3.63) is 106 Å². The number of aromatic nitrogens is 3. The van der Waals surface area contributed by atoms with E-state index in [9.17, 15) is 4.39 Å². The van der Waals surface area contributed by atoms with Gasteiger partial charge >= 0.3 is 0 Å². The predicted molar refractivity (Wildman–Crippen MR) is 122 cm³/mol. The Morgan fingerprint density at radius 3 is 2.50 bits per heavy atom. The van der Waals surface area contributed by atoms with Gasteiger partial charge in [-0.25, -0.2) is 14.4 Å². The van der Waals surface area contributed by atoms with E-state index in [0.29, 0.717) is 28.1 Å². The molecule has 0 radical (unpaired) electrons. The molecule has 0 spiro atoms. The van der Waals surface area contributed by atoms with E-state index in [0.717, 1.165) is 16.7 Å². The highest BCUT2D eigenvalue weighted by Gasteiger charge is 2.41. The first-order valence-electron chi connectivity index (χ1n) is 9.90. The molecule has 1 aromatic heterocycles. The number of rotatable bonds is 5. The Labute approximate surface area is 194 Å². The molecule has 4 aromatic rings. The molecule has 1 aliphatic heterocycles. The van der Waals surface area contributed by atoms with Crippen molar-refractivity contribution >= 4 is 29.1 Å². The largest absolute Gasteiger partial charge is 0.474 e. The molecule has 8 heteroatoms. The van der Waals surface area contributed by atoms with Gasteiger partial charge in [0.15, 0.2) is 0 Å². The SMILES string of the molecule is Fc1ccccc1-c1ccc(C2=NC(Cn3cncn3)(c3ccc(Cl)cc3Cl)CO2)cc1. The first-order chi connectivity index (χ1) is 15.5. The third kappa shape index (κ3) is 3.87. The van der Waals surface area contributed by atoms with Crippen LogP contribution in [0.2, 0.25) is 10.0 Å². The molecule has 5 nitrogen and oxygen atoms in total. The molecule has 0 saturated carbocycles. The van der Waals surface area contributed by atoms with Gasteiger partial charge in [0.25, 0.3) is 0 Å². The summed E-state index contributed by atoms with van der Waals surface area (Å²) in [4.78, 5) is 8.98. The van der Waals surface area contributed by atoms with Crippen LogP contribution in [0.3, 0.4) is 0 Å². The lowest BCUT2D eigenvalue weighted by Gasteiger charge is -2.25. The van der Waals surface area contributed by atoms with Crippen LogP contribution in [0, 0.1) is 5.82 Å². The zero-order chi connectivity index (χ0) is 22.1. The van der Waals surface area contributed by atoms with Crippen LogP contribution >= 0.6 is 23.2 Å². The normalized spacial score (nSPS) is 17.8. The number of aliphatic imine (C=N–C) groups is 1. The standard InChI is InChI=1S/C24H17Cl2FN4O/c25-18-9-10-20(21(26)11-18)24(12-31-15-28-14-29-31)13-32-23(30-24)17-7-5-16(6-8-17)19-3-1-2-4-22(19)27/h1-11,14-15H,12-13H2. The van der Waals surface area contributed by atoms with Crippen molar-refractivity contribution in [3.8, 4) is 11.1 Å². The minimum atomic E-state index is -0.797. The van der Waals surface area contributed by atoms with Gasteiger partial charge in [0.05, 0.1) is 6.54 Å². The van der Waals surface area contributed by atoms with Crippen molar-refractivity contribution in [2.45, 2.75) is 12.1 Å². The summed E-state index contributed by atoms with van der Waals surface area (Å²) in [6.07, 6.45) is 3.10. The molecule has 3 aromatic carbocycles. The molecule has 160 valence electrons. The van der Waals surface area contributed by atoms with E-state index in [1.54, 1.807) is 35.3 Å². The second-order valence-electron chi connectivity index (χ2n) is 7.51. The topological polar surface area (TPSA) is 52.3 Å². The Hall–Kier alpha value is -3.22. The zero-order valence-corrected chi connectivity index (χ0v) is 18.3. The molecular formula is C24H17Cl2FN4O. The first-order valence-corrected chi connectivity index (χ1v) is 10.7. The van der Waals surface area contributed by atoms with E-state index < -0.39 is 5.54 Å². The van der Waals surface area contributed by atoms with Gasteiger partial charge in [0, 0.05) is 26.7 Å². The minimum absolute atomic E-state index is 0.265. The highest BCUT2D eigenvalue weighted by molar-refractivity contribution is 6.35. The van der Waals surface area contributed by atoms with Crippen LogP contribution < -0.4 is 0 Å². The average Bonchev–Trinajstić information content (AvgIpc) is 3.45. The maximum atomic E-state index is 14.1. The van der Waals surface area contributed by atoms with Crippen LogP contribution in [0.5, 0.6) is 0 Å². The van der Waals surface area contributed by atoms with E-state index in [2.05, 4.69) is 10.1 Å². The van der Waals surface area contributed by atoms with E-state index in [-0.39, 0.29) is 12.4 Å². The van der Waals surface area contributed by atoms with E-state index >= 15 is 0 Å². The molecule has 2 heterocycles. The van der Waals surface area contributed by atoms with Crippen molar-refractivity contribution in [1.82, 2.24) is 14.8 Å². The van der Waals surface area contributed by atoms with Gasteiger partial charge in [0.1, 0.15) is 30.6 Å². The van der Waals surface area contributed by atoms with Crippen LogP contribution in [-0.4, -0.2) is 27.3 Å². The van der Waals surface area contributed by atoms with Gasteiger partial charge in [-0.3, -0.25) is 4.68 Å². The molecule has 32 heavy (non-hydrogen) atoms. The van der Waals surface area contributed by atoms with Crippen LogP contribution in [0.1, 0.15) is 11.1 Å². The number of benzene rings is 3. The monoisotopic (exact) mass is 466 g/mol. The first kappa shape index (κ1) is 20.7. The summed E-state index contributed by atoms with van der Waals surface area (Å²) in [6.45, 7) is 0.670. The number of hydrogen-bond donors (Lipinski definition) is 0. The van der Waals surface area contributed by atoms with Crippen LogP contribution in [0.15, 0.2) is 84.4 Å². The third-order valence-corrected chi connectivity index (χ3v) is 5.95. The van der Waals surface area contributed by atoms with Gasteiger partial charge in [-0.1, -0.05) is 59.6 Å². The molecule has 0 saturated heterocycles. The van der Waals surface area contributed by atoms with Crippen LogP contribution in [0.25, 0.3) is 11.1 Å². The Balaban J connectivity index is 1.53. The van der Waals surface area contributed by atoms with Crippen LogP contribution in [0.4, 0.5) is 4.39 Å². The number of hydrogen-bond acceptors (Lipinski definition) is 4. The summed E-state index contributed by atoms with van der Waals surface area (Å²) in [5, 5.41) is 5.27. The molecule has 0 amide bonds. The van der Waals surface area contributed by atoms with Crippen molar-refractivity contribution in [2.75, 3.05) is 6.61 Å². The lowest BCUT2D eigenvalue weighted by molar-refractivity contribution is 0.230. The molecule has 0 aliphatic carbocycles. The summed E-state index contributed by atoms with van der Waals surface area (Å²) in [5.41, 5.74) is 2.10. The Bertz CT molecular complexity index is 1290. The second kappa shape index (κ2) is 8.37. The predicted octanol–water partition coefficient (Wildman–Crippen LogP) is 5.76. The molecule has 1 aliphatic rings. The third-order valence-electron chi connectivity index (χ3n) is 5.40. The maximum absolute atomic E-state index is 14.1. The smallest absolute Gasteiger partial charge is 0.217 e. The Morgan fingerprint density at radius 2 is 1.78 bits per heavy atom. The van der Waals surface area contributed by atoms with E-state index in [1.165, 1.54) is 12.4 Å². The molecule has 0 fully saturated rings. The van der Waals surface area contributed by atoms with Crippen molar-refractivity contribution in [3.63, 3.8) is 0 Å². The second-order valence-corrected chi connectivity index (χ2v) is 8.36. The summed E-state index contributed by atoms with van der Waals surface area (Å²) < 4.78 is 21.9. The van der Waals surface area contributed by atoms with Crippen molar-refractivity contribution in [2.24, 2.45) is 4.99 Å². The molecule has 1 atom stereocenters. The Kier molecular flexibility index (Phi) is 5.41. The summed E-state index contributed by atoms with van der Waals surface area (Å²) in [5.74, 6) is 0.218. The Morgan fingerprint density at radius 1 is 1.00 bits per heavy atom. The molecule has 1 unspecified atom stereocenters. The molecule has 0 bridgehead atoms. The minimum Gasteiger partial charge on any atom is -0.474 e. The van der Waals surface area contributed by atoms with Gasteiger partial charge < -0.3 is 4.74 Å². The lowest BCUT2D eigenvalue weighted by atomic mass is 9.91. The number of ether oxygens (including phenoxy) is 1. The fourth-order valence-corrected chi connectivity index (χ4v) is 4.42. The van der Waals surface area contributed by atoms with Crippen molar-refractivity contribution < 1.29 is 9.13 Å². The molecule has 0 N–H and O–H groups in total. The summed E-state index contributed by atoms with van der Waals surface area (Å²) >= 11 is 12.7. The fourth-order valence-electron chi connectivity index (χ4n) is 3.84. The number of nitrogens with zero attached hydrogens (tertiary/aromatic N) is 4. The molecular weight excluding hydrogens is 450 g/mol. The average molecular weight is 467 g/mol. The highest BCUT2D eigenvalue weighted by atomic mass is 35.5. The zero-order valence-electron chi connectivity index (χ0n) is 16.8. The fraction of sp³-hybridized carbons (Fsp3) is 0.125. The van der Waals surface area contributed by atoms with Gasteiger partial charge in [-0.15, -0.1) is 0 Å². The number of halogens is 3. The van der Waals surface area contributed by atoms with Crippen LogP contribution in [-0.2, 0) is 16.8 Å². The van der Waals surface area contributed by atoms with E-state index in [4.69, 9.17) is 32.9 Å². The highest BCUT2D eigenvalue weighted by Crippen LogP contribution is 2.39. The summed E-state index contributed by atoms with van der Waals surface area (Å²) in [7, 11) is 0. The van der Waals surface area contributed by atoms with Crippen molar-refractivity contribution in [1.29, 1.82) is 0 Å². The quantitative estimate of drug-likeness (QED) is 0.375. The molecule has 5 rings (SSSR count). The van der Waals surface area contributed by atoms with Gasteiger partial charge in [-0.2, -0.15) is 5.10 Å².